The largest absolute Gasteiger partial charge is 0.493 e. The smallest absolute Gasteiger partial charge is 0.256 e. The van der Waals surface area contributed by atoms with Gasteiger partial charge in [-0.1, -0.05) is 0 Å². The molecule has 1 N–H and O–H groups in total. The zero-order chi connectivity index (χ0) is 15.3. The Morgan fingerprint density at radius 1 is 1.14 bits per heavy atom. The van der Waals surface area contributed by atoms with Crippen LogP contribution >= 0.6 is 0 Å². The van der Waals surface area contributed by atoms with E-state index in [0.29, 0.717) is 16.9 Å². The van der Waals surface area contributed by atoms with Crippen LogP contribution in [-0.4, -0.2) is 24.2 Å². The zero-order valence-electron chi connectivity index (χ0n) is 12.3. The highest BCUT2D eigenvalue weighted by molar-refractivity contribution is 5.94. The fourth-order valence-electron chi connectivity index (χ4n) is 3.12. The molecule has 0 unspecified atom stereocenters. The van der Waals surface area contributed by atoms with Crippen molar-refractivity contribution in [2.24, 2.45) is 0 Å². The van der Waals surface area contributed by atoms with E-state index in [1.807, 2.05) is 18.3 Å². The van der Waals surface area contributed by atoms with Crippen LogP contribution in [0.2, 0.25) is 0 Å². The van der Waals surface area contributed by atoms with E-state index in [9.17, 15) is 4.79 Å². The number of H-pyrrole nitrogens is 1. The van der Waals surface area contributed by atoms with Gasteiger partial charge in [0.05, 0.1) is 25.3 Å². The number of methoxy groups -OCH3 is 2. The van der Waals surface area contributed by atoms with Crippen molar-refractivity contribution in [3.8, 4) is 22.8 Å². The van der Waals surface area contributed by atoms with Gasteiger partial charge in [0.25, 0.3) is 5.56 Å². The highest BCUT2D eigenvalue weighted by Crippen LogP contribution is 2.40. The van der Waals surface area contributed by atoms with Crippen LogP contribution in [0.1, 0.15) is 11.1 Å². The minimum Gasteiger partial charge on any atom is -0.493 e. The van der Waals surface area contributed by atoms with Gasteiger partial charge in [-0.3, -0.25) is 9.78 Å². The topological polar surface area (TPSA) is 64.2 Å². The number of hydrogen-bond acceptors (Lipinski definition) is 4. The van der Waals surface area contributed by atoms with Gasteiger partial charge in [0.2, 0.25) is 0 Å². The summed E-state index contributed by atoms with van der Waals surface area (Å²) >= 11 is 0. The molecule has 1 aromatic carbocycles. The van der Waals surface area contributed by atoms with Crippen molar-refractivity contribution in [1.29, 1.82) is 0 Å². The summed E-state index contributed by atoms with van der Waals surface area (Å²) in [7, 11) is 3.16. The van der Waals surface area contributed by atoms with Crippen molar-refractivity contribution >= 4 is 10.8 Å². The standard InChI is InChI=1S/C17H14N2O3/c1-21-14-6-11-12-5-9-8-18-4-3-10(9)16(12)19-17(20)13(11)7-15(14)22-2/h3-4,6-8H,5H2,1-2H3,(H,19,20). The Labute approximate surface area is 126 Å². The fraction of sp³-hybridized carbons (Fsp3) is 0.176. The average molecular weight is 294 g/mol. The van der Waals surface area contributed by atoms with Gasteiger partial charge in [-0.05, 0) is 34.7 Å². The highest BCUT2D eigenvalue weighted by atomic mass is 16.5. The van der Waals surface area contributed by atoms with Crippen LogP contribution in [-0.2, 0) is 6.42 Å². The normalized spacial score (nSPS) is 12.1. The van der Waals surface area contributed by atoms with Gasteiger partial charge >= 0.3 is 0 Å². The van der Waals surface area contributed by atoms with Crippen LogP contribution in [0.15, 0.2) is 35.4 Å². The van der Waals surface area contributed by atoms with E-state index in [4.69, 9.17) is 9.47 Å². The molecule has 4 rings (SSSR count). The minimum absolute atomic E-state index is 0.126. The number of benzene rings is 1. The molecule has 0 saturated carbocycles. The summed E-state index contributed by atoms with van der Waals surface area (Å²) in [5.41, 5.74) is 4.01. The lowest BCUT2D eigenvalue weighted by Gasteiger charge is -2.11. The van der Waals surface area contributed by atoms with Gasteiger partial charge in [0.15, 0.2) is 11.5 Å². The van der Waals surface area contributed by atoms with Crippen LogP contribution in [0.5, 0.6) is 11.5 Å². The molecule has 0 fully saturated rings. The number of aromatic nitrogens is 2. The number of aromatic amines is 1. The third kappa shape index (κ3) is 1.65. The first-order valence-electron chi connectivity index (χ1n) is 6.97. The van der Waals surface area contributed by atoms with Crippen LogP contribution in [0, 0.1) is 0 Å². The van der Waals surface area contributed by atoms with E-state index in [0.717, 1.165) is 34.2 Å². The Morgan fingerprint density at radius 3 is 2.59 bits per heavy atom. The second kappa shape index (κ2) is 4.59. The molecule has 0 aliphatic heterocycles. The molecule has 0 spiro atoms. The summed E-state index contributed by atoms with van der Waals surface area (Å²) in [6.07, 6.45) is 4.34. The van der Waals surface area contributed by atoms with E-state index >= 15 is 0 Å². The monoisotopic (exact) mass is 294 g/mol. The minimum atomic E-state index is -0.126. The summed E-state index contributed by atoms with van der Waals surface area (Å²) in [6, 6.07) is 5.54. The van der Waals surface area contributed by atoms with Crippen LogP contribution in [0.4, 0.5) is 0 Å². The fourth-order valence-corrected chi connectivity index (χ4v) is 3.12. The quantitative estimate of drug-likeness (QED) is 0.617. The number of fused-ring (bicyclic) bond motifs is 5. The summed E-state index contributed by atoms with van der Waals surface area (Å²) in [6.45, 7) is 0. The highest BCUT2D eigenvalue weighted by Gasteiger charge is 2.23. The molecule has 0 bridgehead atoms. The van der Waals surface area contributed by atoms with Gasteiger partial charge in [-0.25, -0.2) is 0 Å². The van der Waals surface area contributed by atoms with Crippen molar-refractivity contribution in [3.05, 3.63) is 52.1 Å². The molecule has 5 nitrogen and oxygen atoms in total. The number of ether oxygens (including phenoxy) is 2. The maximum Gasteiger partial charge on any atom is 0.256 e. The molecule has 0 atom stereocenters. The van der Waals surface area contributed by atoms with Crippen molar-refractivity contribution in [2.45, 2.75) is 6.42 Å². The number of nitrogens with zero attached hydrogens (tertiary/aromatic N) is 1. The molecular formula is C17H14N2O3. The number of nitrogens with one attached hydrogen (secondary N) is 1. The molecule has 110 valence electrons. The summed E-state index contributed by atoms with van der Waals surface area (Å²) in [4.78, 5) is 19.6. The Bertz CT molecular complexity index is 960. The van der Waals surface area contributed by atoms with Crippen molar-refractivity contribution in [1.82, 2.24) is 9.97 Å². The van der Waals surface area contributed by atoms with E-state index in [1.165, 1.54) is 0 Å². The van der Waals surface area contributed by atoms with Gasteiger partial charge in [-0.2, -0.15) is 0 Å². The van der Waals surface area contributed by atoms with E-state index in [2.05, 4.69) is 9.97 Å². The molecule has 1 aliphatic rings. The molecule has 0 amide bonds. The van der Waals surface area contributed by atoms with Crippen LogP contribution < -0.4 is 15.0 Å². The molecule has 0 radical (unpaired) electrons. The van der Waals surface area contributed by atoms with Gasteiger partial charge in [-0.15, -0.1) is 0 Å². The maximum absolute atomic E-state index is 12.4. The first-order chi connectivity index (χ1) is 10.7. The maximum atomic E-state index is 12.4. The van der Waals surface area contributed by atoms with Gasteiger partial charge in [0.1, 0.15) is 0 Å². The number of rotatable bonds is 2. The first-order valence-corrected chi connectivity index (χ1v) is 6.97. The van der Waals surface area contributed by atoms with Crippen LogP contribution in [0.25, 0.3) is 22.0 Å². The second-order valence-electron chi connectivity index (χ2n) is 5.27. The first kappa shape index (κ1) is 12.9. The number of pyridine rings is 2. The van der Waals surface area contributed by atoms with E-state index < -0.39 is 0 Å². The Kier molecular flexibility index (Phi) is 2.69. The predicted octanol–water partition coefficient (Wildman–Crippen LogP) is 2.51. The van der Waals surface area contributed by atoms with E-state index in [1.54, 1.807) is 26.5 Å². The summed E-state index contributed by atoms with van der Waals surface area (Å²) < 4.78 is 10.7. The molecule has 22 heavy (non-hydrogen) atoms. The average Bonchev–Trinajstić information content (AvgIpc) is 2.92. The lowest BCUT2D eigenvalue weighted by Crippen LogP contribution is -2.09. The zero-order valence-corrected chi connectivity index (χ0v) is 12.3. The molecule has 2 heterocycles. The lowest BCUT2D eigenvalue weighted by molar-refractivity contribution is 0.356. The van der Waals surface area contributed by atoms with E-state index in [-0.39, 0.29) is 5.56 Å². The summed E-state index contributed by atoms with van der Waals surface area (Å²) in [5.74, 6) is 1.18. The molecule has 5 heteroatoms. The van der Waals surface area contributed by atoms with Crippen molar-refractivity contribution < 1.29 is 9.47 Å². The third-order valence-corrected chi connectivity index (χ3v) is 4.17. The molecular weight excluding hydrogens is 280 g/mol. The van der Waals surface area contributed by atoms with Crippen molar-refractivity contribution in [2.75, 3.05) is 14.2 Å². The number of hydrogen-bond donors (Lipinski definition) is 1. The predicted molar refractivity (Wildman–Crippen MR) is 83.7 cm³/mol. The molecule has 3 aromatic rings. The molecule has 1 aliphatic carbocycles. The lowest BCUT2D eigenvalue weighted by atomic mass is 10.0. The SMILES string of the molecule is COc1cc2c3c([nH]c(=O)c2cc1OC)-c1ccncc1C3. The Morgan fingerprint density at radius 2 is 1.86 bits per heavy atom. The van der Waals surface area contributed by atoms with Gasteiger partial charge < -0.3 is 14.5 Å². The van der Waals surface area contributed by atoms with Crippen molar-refractivity contribution in [3.63, 3.8) is 0 Å². The molecule has 2 aromatic heterocycles. The summed E-state index contributed by atoms with van der Waals surface area (Å²) in [5, 5.41) is 1.50. The molecule has 0 saturated heterocycles. The third-order valence-electron chi connectivity index (χ3n) is 4.17. The van der Waals surface area contributed by atoms with Crippen LogP contribution in [0.3, 0.4) is 0 Å². The second-order valence-corrected chi connectivity index (χ2v) is 5.27. The van der Waals surface area contributed by atoms with Gasteiger partial charge in [0, 0.05) is 24.4 Å². The Hall–Kier alpha value is -2.82. The Balaban J connectivity index is 2.09.